The normalized spacial score (nSPS) is 14.5. The summed E-state index contributed by atoms with van der Waals surface area (Å²) in [7, 11) is 3.69. The van der Waals surface area contributed by atoms with Gasteiger partial charge in [0.25, 0.3) is 0 Å². The molecule has 0 bridgehead atoms. The molecule has 1 saturated heterocycles. The van der Waals surface area contributed by atoms with Gasteiger partial charge in [-0.3, -0.25) is 4.79 Å². The van der Waals surface area contributed by atoms with Gasteiger partial charge in [-0.05, 0) is 54.4 Å². The first-order chi connectivity index (χ1) is 17.5. The Kier molecular flexibility index (Phi) is 10.7. The summed E-state index contributed by atoms with van der Waals surface area (Å²) in [5.74, 6) is 1.06. The van der Waals surface area contributed by atoms with Crippen LogP contribution in [-0.2, 0) is 17.8 Å². The number of ether oxygens (including phenoxy) is 2. The van der Waals surface area contributed by atoms with Crippen LogP contribution in [0.25, 0.3) is 0 Å². The number of nitrogens with one attached hydrogen (secondary N) is 1. The van der Waals surface area contributed by atoms with Crippen LogP contribution in [0.2, 0.25) is 0 Å². The lowest BCUT2D eigenvalue weighted by Gasteiger charge is -2.35. The van der Waals surface area contributed by atoms with Crippen LogP contribution in [0.15, 0.2) is 72.8 Å². The third kappa shape index (κ3) is 7.92. The maximum absolute atomic E-state index is 13.4. The fourth-order valence-electron chi connectivity index (χ4n) is 4.34. The Hall–Kier alpha value is -3.13. The number of carbonyl (C=O) groups is 1. The minimum Gasteiger partial charge on any atom is -0.493 e. The van der Waals surface area contributed by atoms with Gasteiger partial charge in [0.2, 0.25) is 5.91 Å². The number of methoxy groups -OCH3 is 1. The lowest BCUT2D eigenvalue weighted by atomic mass is 10.0. The van der Waals surface area contributed by atoms with E-state index in [9.17, 15) is 9.18 Å². The van der Waals surface area contributed by atoms with Crippen molar-refractivity contribution in [3.8, 4) is 11.5 Å². The van der Waals surface area contributed by atoms with Crippen molar-refractivity contribution in [1.29, 1.82) is 0 Å². The van der Waals surface area contributed by atoms with Crippen molar-refractivity contribution in [3.63, 3.8) is 0 Å². The second kappa shape index (κ2) is 14.0. The summed E-state index contributed by atoms with van der Waals surface area (Å²) in [6.07, 6.45) is 0.722. The van der Waals surface area contributed by atoms with Gasteiger partial charge in [-0.1, -0.05) is 48.5 Å². The highest BCUT2D eigenvalue weighted by molar-refractivity contribution is 5.85. The lowest BCUT2D eigenvalue weighted by Crippen LogP contribution is -2.50. The predicted molar refractivity (Wildman–Crippen MR) is 146 cm³/mol. The highest BCUT2D eigenvalue weighted by Crippen LogP contribution is 2.29. The van der Waals surface area contributed by atoms with Gasteiger partial charge in [-0.15, -0.1) is 12.4 Å². The zero-order chi connectivity index (χ0) is 25.3. The number of hydrogen-bond donors (Lipinski definition) is 1. The quantitative estimate of drug-likeness (QED) is 0.421. The van der Waals surface area contributed by atoms with Crippen LogP contribution in [0, 0.1) is 5.82 Å². The molecule has 0 saturated carbocycles. The van der Waals surface area contributed by atoms with Crippen LogP contribution in [0.5, 0.6) is 11.5 Å². The fraction of sp³-hybridized carbons (Fsp3) is 0.345. The molecule has 3 aromatic carbocycles. The predicted octanol–water partition coefficient (Wildman–Crippen LogP) is 4.48. The van der Waals surface area contributed by atoms with Crippen molar-refractivity contribution in [2.45, 2.75) is 19.1 Å². The summed E-state index contributed by atoms with van der Waals surface area (Å²) in [5.41, 5.74) is 2.79. The van der Waals surface area contributed by atoms with E-state index in [1.165, 1.54) is 12.1 Å². The van der Waals surface area contributed by atoms with Crippen LogP contribution in [-0.4, -0.2) is 62.6 Å². The monoisotopic (exact) mass is 527 g/mol. The highest BCUT2D eigenvalue weighted by atomic mass is 35.5. The molecule has 1 aliphatic heterocycles. The summed E-state index contributed by atoms with van der Waals surface area (Å²) in [6, 6.07) is 21.7. The Morgan fingerprint density at radius 2 is 1.70 bits per heavy atom. The van der Waals surface area contributed by atoms with Crippen LogP contribution in [0.3, 0.4) is 0 Å². The Bertz CT molecular complexity index is 1140. The van der Waals surface area contributed by atoms with Gasteiger partial charge >= 0.3 is 0 Å². The van der Waals surface area contributed by atoms with Crippen LogP contribution in [0.1, 0.15) is 22.7 Å². The molecule has 37 heavy (non-hydrogen) atoms. The molecule has 1 amide bonds. The molecule has 1 aliphatic rings. The number of amides is 1. The van der Waals surface area contributed by atoms with Crippen molar-refractivity contribution in [2.75, 3.05) is 46.9 Å². The average Bonchev–Trinajstić information content (AvgIpc) is 2.91. The molecule has 1 heterocycles. The second-order valence-corrected chi connectivity index (χ2v) is 9.08. The smallest absolute Gasteiger partial charge is 0.244 e. The van der Waals surface area contributed by atoms with Crippen molar-refractivity contribution in [3.05, 3.63) is 95.3 Å². The fourth-order valence-corrected chi connectivity index (χ4v) is 4.34. The number of nitrogens with zero attached hydrogens (tertiary/aromatic N) is 2. The Balaban J connectivity index is 0.00000380. The molecule has 0 aromatic heterocycles. The van der Waals surface area contributed by atoms with Crippen molar-refractivity contribution in [2.24, 2.45) is 0 Å². The number of hydrogen-bond acceptors (Lipinski definition) is 5. The molecule has 0 aliphatic carbocycles. The molecule has 1 atom stereocenters. The van der Waals surface area contributed by atoms with Gasteiger partial charge in [-0.25, -0.2) is 4.39 Å². The van der Waals surface area contributed by atoms with Crippen molar-refractivity contribution < 1.29 is 18.7 Å². The SMILES string of the molecule is COc1cc(CCNC(C(=O)N2CCN(C)CC2)c2ccccc2)ccc1OCc1cccc(F)c1.Cl. The lowest BCUT2D eigenvalue weighted by molar-refractivity contribution is -0.135. The molecule has 1 N–H and O–H groups in total. The molecule has 1 unspecified atom stereocenters. The van der Waals surface area contributed by atoms with Crippen molar-refractivity contribution in [1.82, 2.24) is 15.1 Å². The van der Waals surface area contributed by atoms with Crippen LogP contribution in [0.4, 0.5) is 4.39 Å². The van der Waals surface area contributed by atoms with E-state index >= 15 is 0 Å². The molecule has 0 spiro atoms. The van der Waals surface area contributed by atoms with E-state index in [0.717, 1.165) is 49.3 Å². The van der Waals surface area contributed by atoms with Gasteiger partial charge in [0.1, 0.15) is 18.5 Å². The first kappa shape index (κ1) is 28.4. The summed E-state index contributed by atoms with van der Waals surface area (Å²) in [4.78, 5) is 17.6. The summed E-state index contributed by atoms with van der Waals surface area (Å²) < 4.78 is 24.8. The minimum absolute atomic E-state index is 0. The van der Waals surface area contributed by atoms with E-state index in [-0.39, 0.29) is 36.8 Å². The number of likely N-dealkylation sites (N-methyl/N-ethyl adjacent to an activating group) is 1. The van der Waals surface area contributed by atoms with E-state index in [4.69, 9.17) is 9.47 Å². The molecule has 6 nitrogen and oxygen atoms in total. The first-order valence-corrected chi connectivity index (χ1v) is 12.3. The van der Waals surface area contributed by atoms with Gasteiger partial charge in [0.15, 0.2) is 11.5 Å². The Morgan fingerprint density at radius 1 is 0.946 bits per heavy atom. The number of piperazine rings is 1. The van der Waals surface area contributed by atoms with Crippen LogP contribution < -0.4 is 14.8 Å². The number of carbonyl (C=O) groups excluding carboxylic acids is 1. The number of rotatable bonds is 10. The highest BCUT2D eigenvalue weighted by Gasteiger charge is 2.27. The molecule has 198 valence electrons. The standard InChI is InChI=1S/C29H34FN3O3.ClH/c1-32-15-17-33(18-16-32)29(34)28(24-8-4-3-5-9-24)31-14-13-22-11-12-26(27(20-22)35-2)36-21-23-7-6-10-25(30)19-23;/h3-12,19-20,28,31H,13-18,21H2,1-2H3;1H. The van der Waals surface area contributed by atoms with E-state index < -0.39 is 0 Å². The molecular formula is C29H35ClFN3O3. The van der Waals surface area contributed by atoms with Gasteiger partial charge in [0.05, 0.1) is 7.11 Å². The molecule has 8 heteroatoms. The topological polar surface area (TPSA) is 54.0 Å². The van der Waals surface area contributed by atoms with Gasteiger partial charge < -0.3 is 24.6 Å². The zero-order valence-corrected chi connectivity index (χ0v) is 22.2. The first-order valence-electron chi connectivity index (χ1n) is 12.3. The maximum Gasteiger partial charge on any atom is 0.244 e. The number of halogens is 2. The summed E-state index contributed by atoms with van der Waals surface area (Å²) in [6.45, 7) is 4.15. The van der Waals surface area contributed by atoms with Crippen LogP contribution >= 0.6 is 12.4 Å². The Morgan fingerprint density at radius 3 is 2.41 bits per heavy atom. The summed E-state index contributed by atoms with van der Waals surface area (Å²) >= 11 is 0. The molecule has 0 radical (unpaired) electrons. The van der Waals surface area contributed by atoms with E-state index in [1.54, 1.807) is 13.2 Å². The Labute approximate surface area is 224 Å². The summed E-state index contributed by atoms with van der Waals surface area (Å²) in [5, 5.41) is 3.48. The molecule has 3 aromatic rings. The zero-order valence-electron chi connectivity index (χ0n) is 21.4. The molecule has 1 fully saturated rings. The molecular weight excluding hydrogens is 493 g/mol. The van der Waals surface area contributed by atoms with E-state index in [0.29, 0.717) is 18.0 Å². The third-order valence-electron chi connectivity index (χ3n) is 6.47. The molecule has 4 rings (SSSR count). The number of benzene rings is 3. The van der Waals surface area contributed by atoms with E-state index in [2.05, 4.69) is 17.3 Å². The largest absolute Gasteiger partial charge is 0.493 e. The van der Waals surface area contributed by atoms with Gasteiger partial charge in [0, 0.05) is 32.7 Å². The second-order valence-electron chi connectivity index (χ2n) is 9.08. The third-order valence-corrected chi connectivity index (χ3v) is 6.47. The van der Waals surface area contributed by atoms with E-state index in [1.807, 2.05) is 59.5 Å². The van der Waals surface area contributed by atoms with Crippen molar-refractivity contribution >= 4 is 18.3 Å². The minimum atomic E-state index is -0.384. The average molecular weight is 528 g/mol. The van der Waals surface area contributed by atoms with Gasteiger partial charge in [-0.2, -0.15) is 0 Å². The maximum atomic E-state index is 13.4.